The standard InChI is InChI=1S/C14H20N2O3/c1-4-11(9-13(17)18)15-14(19)16(3)12-7-5-10(2)6-8-12/h5-8,11H,4,9H2,1-3H3,(H,15,19)(H,17,18). The lowest BCUT2D eigenvalue weighted by molar-refractivity contribution is -0.137. The molecule has 0 bridgehead atoms. The van der Waals surface area contributed by atoms with Gasteiger partial charge in [-0.05, 0) is 25.5 Å². The topological polar surface area (TPSA) is 69.6 Å². The van der Waals surface area contributed by atoms with Crippen molar-refractivity contribution in [1.29, 1.82) is 0 Å². The van der Waals surface area contributed by atoms with Crippen molar-refractivity contribution >= 4 is 17.7 Å². The van der Waals surface area contributed by atoms with Gasteiger partial charge < -0.3 is 10.4 Å². The first kappa shape index (κ1) is 15.0. The molecule has 0 aliphatic rings. The third-order valence-corrected chi connectivity index (χ3v) is 2.97. The van der Waals surface area contributed by atoms with Crippen LogP contribution in [-0.4, -0.2) is 30.2 Å². The Balaban J connectivity index is 2.66. The van der Waals surface area contributed by atoms with E-state index in [4.69, 9.17) is 5.11 Å². The zero-order valence-electron chi connectivity index (χ0n) is 11.5. The minimum Gasteiger partial charge on any atom is -0.481 e. The number of carboxylic acids is 1. The first-order valence-corrected chi connectivity index (χ1v) is 6.26. The predicted octanol–water partition coefficient (Wildman–Crippen LogP) is 2.39. The molecule has 0 aromatic heterocycles. The van der Waals surface area contributed by atoms with E-state index >= 15 is 0 Å². The lowest BCUT2D eigenvalue weighted by Crippen LogP contribution is -2.43. The smallest absolute Gasteiger partial charge is 0.321 e. The summed E-state index contributed by atoms with van der Waals surface area (Å²) in [6, 6.07) is 6.91. The highest BCUT2D eigenvalue weighted by Crippen LogP contribution is 2.13. The molecule has 2 N–H and O–H groups in total. The maximum atomic E-state index is 12.0. The van der Waals surface area contributed by atoms with E-state index in [0.29, 0.717) is 6.42 Å². The van der Waals surface area contributed by atoms with Crippen LogP contribution in [0.25, 0.3) is 0 Å². The van der Waals surface area contributed by atoms with Crippen LogP contribution >= 0.6 is 0 Å². The van der Waals surface area contributed by atoms with Crippen molar-refractivity contribution in [3.63, 3.8) is 0 Å². The fourth-order valence-corrected chi connectivity index (χ4v) is 1.67. The Morgan fingerprint density at radius 2 is 1.89 bits per heavy atom. The van der Waals surface area contributed by atoms with Crippen molar-refractivity contribution in [3.05, 3.63) is 29.8 Å². The average molecular weight is 264 g/mol. The van der Waals surface area contributed by atoms with Crippen LogP contribution in [-0.2, 0) is 4.79 Å². The van der Waals surface area contributed by atoms with Gasteiger partial charge in [-0.15, -0.1) is 0 Å². The molecule has 0 aliphatic carbocycles. The Morgan fingerprint density at radius 3 is 2.37 bits per heavy atom. The maximum Gasteiger partial charge on any atom is 0.321 e. The molecule has 2 amide bonds. The second-order valence-electron chi connectivity index (χ2n) is 4.55. The molecule has 1 rings (SSSR count). The number of carbonyl (C=O) groups excluding carboxylic acids is 1. The highest BCUT2D eigenvalue weighted by Gasteiger charge is 2.17. The molecule has 0 saturated heterocycles. The number of urea groups is 1. The second kappa shape index (κ2) is 6.78. The van der Waals surface area contributed by atoms with Gasteiger partial charge in [0.25, 0.3) is 0 Å². The van der Waals surface area contributed by atoms with Crippen LogP contribution in [0.3, 0.4) is 0 Å². The molecule has 0 heterocycles. The van der Waals surface area contributed by atoms with Crippen molar-refractivity contribution in [1.82, 2.24) is 5.32 Å². The van der Waals surface area contributed by atoms with Crippen molar-refractivity contribution in [2.24, 2.45) is 0 Å². The predicted molar refractivity (Wildman–Crippen MR) is 74.4 cm³/mol. The third kappa shape index (κ3) is 4.62. The highest BCUT2D eigenvalue weighted by atomic mass is 16.4. The van der Waals surface area contributed by atoms with Crippen molar-refractivity contribution in [2.45, 2.75) is 32.7 Å². The molecule has 0 fully saturated rings. The van der Waals surface area contributed by atoms with E-state index in [9.17, 15) is 9.59 Å². The van der Waals surface area contributed by atoms with Gasteiger partial charge in [-0.1, -0.05) is 24.6 Å². The van der Waals surface area contributed by atoms with Gasteiger partial charge in [0.2, 0.25) is 0 Å². The van der Waals surface area contributed by atoms with Crippen LogP contribution in [0.1, 0.15) is 25.3 Å². The number of aliphatic carboxylic acids is 1. The van der Waals surface area contributed by atoms with Crippen molar-refractivity contribution in [3.8, 4) is 0 Å². The third-order valence-electron chi connectivity index (χ3n) is 2.97. The summed E-state index contributed by atoms with van der Waals surface area (Å²) in [5.41, 5.74) is 1.89. The minimum atomic E-state index is -0.912. The Kier molecular flexibility index (Phi) is 5.36. The highest BCUT2D eigenvalue weighted by molar-refractivity contribution is 5.91. The fourth-order valence-electron chi connectivity index (χ4n) is 1.67. The Hall–Kier alpha value is -2.04. The average Bonchev–Trinajstić information content (AvgIpc) is 2.37. The molecule has 19 heavy (non-hydrogen) atoms. The normalized spacial score (nSPS) is 11.7. The van der Waals surface area contributed by atoms with E-state index in [0.717, 1.165) is 11.3 Å². The molecule has 1 unspecified atom stereocenters. The summed E-state index contributed by atoms with van der Waals surface area (Å²) in [4.78, 5) is 24.1. The number of nitrogens with one attached hydrogen (secondary N) is 1. The largest absolute Gasteiger partial charge is 0.481 e. The van der Waals surface area contributed by atoms with E-state index < -0.39 is 5.97 Å². The molecule has 5 heteroatoms. The summed E-state index contributed by atoms with van der Waals surface area (Å²) in [6.45, 7) is 3.82. The molecule has 0 aliphatic heterocycles. The van der Waals surface area contributed by atoms with Gasteiger partial charge in [-0.25, -0.2) is 4.79 Å². The van der Waals surface area contributed by atoms with Crippen LogP contribution in [0.4, 0.5) is 10.5 Å². The summed E-state index contributed by atoms with van der Waals surface area (Å²) >= 11 is 0. The number of aryl methyl sites for hydroxylation is 1. The number of nitrogens with zero attached hydrogens (tertiary/aromatic N) is 1. The summed E-state index contributed by atoms with van der Waals surface area (Å²) in [5.74, 6) is -0.912. The quantitative estimate of drug-likeness (QED) is 0.858. The van der Waals surface area contributed by atoms with Gasteiger partial charge >= 0.3 is 12.0 Å². The summed E-state index contributed by atoms with van der Waals surface area (Å²) < 4.78 is 0. The zero-order valence-corrected chi connectivity index (χ0v) is 11.5. The van der Waals surface area contributed by atoms with Gasteiger partial charge in [0, 0.05) is 18.8 Å². The zero-order chi connectivity index (χ0) is 14.4. The second-order valence-corrected chi connectivity index (χ2v) is 4.55. The van der Waals surface area contributed by atoms with Crippen LogP contribution in [0.15, 0.2) is 24.3 Å². The van der Waals surface area contributed by atoms with E-state index in [1.54, 1.807) is 7.05 Å². The molecule has 1 aromatic carbocycles. The number of benzene rings is 1. The Bertz CT molecular complexity index is 443. The van der Waals surface area contributed by atoms with Crippen LogP contribution in [0, 0.1) is 6.92 Å². The number of carbonyl (C=O) groups is 2. The minimum absolute atomic E-state index is 0.0655. The van der Waals surface area contributed by atoms with Gasteiger partial charge in [-0.3, -0.25) is 9.69 Å². The molecule has 0 spiro atoms. The number of amides is 2. The molecule has 1 aromatic rings. The Labute approximate surface area is 113 Å². The van der Waals surface area contributed by atoms with Gasteiger partial charge in [0.15, 0.2) is 0 Å². The van der Waals surface area contributed by atoms with Crippen LogP contribution < -0.4 is 10.2 Å². The lowest BCUT2D eigenvalue weighted by atomic mass is 10.1. The monoisotopic (exact) mass is 264 g/mol. The van der Waals surface area contributed by atoms with Gasteiger partial charge in [-0.2, -0.15) is 0 Å². The molecule has 1 atom stereocenters. The number of anilines is 1. The number of hydrogen-bond acceptors (Lipinski definition) is 2. The molecular formula is C14H20N2O3. The summed E-state index contributed by atoms with van der Waals surface area (Å²) in [7, 11) is 1.66. The van der Waals surface area contributed by atoms with Crippen LogP contribution in [0.5, 0.6) is 0 Å². The fraction of sp³-hybridized carbons (Fsp3) is 0.429. The molecule has 0 saturated carbocycles. The van der Waals surface area contributed by atoms with Crippen LogP contribution in [0.2, 0.25) is 0 Å². The number of hydrogen-bond donors (Lipinski definition) is 2. The van der Waals surface area contributed by atoms with E-state index in [2.05, 4.69) is 5.32 Å². The number of rotatable bonds is 5. The van der Waals surface area contributed by atoms with E-state index in [-0.39, 0.29) is 18.5 Å². The molecule has 0 radical (unpaired) electrons. The van der Waals surface area contributed by atoms with E-state index in [1.165, 1.54) is 4.90 Å². The first-order chi connectivity index (χ1) is 8.93. The lowest BCUT2D eigenvalue weighted by Gasteiger charge is -2.22. The molecule has 104 valence electrons. The summed E-state index contributed by atoms with van der Waals surface area (Å²) in [6.07, 6.45) is 0.518. The Morgan fingerprint density at radius 1 is 1.32 bits per heavy atom. The van der Waals surface area contributed by atoms with E-state index in [1.807, 2.05) is 38.1 Å². The maximum absolute atomic E-state index is 12.0. The first-order valence-electron chi connectivity index (χ1n) is 6.26. The van der Waals surface area contributed by atoms with Gasteiger partial charge in [0.1, 0.15) is 0 Å². The van der Waals surface area contributed by atoms with Crippen molar-refractivity contribution in [2.75, 3.05) is 11.9 Å². The SMILES string of the molecule is CCC(CC(=O)O)NC(=O)N(C)c1ccc(C)cc1. The summed E-state index contributed by atoms with van der Waals surface area (Å²) in [5, 5.41) is 11.5. The molecular weight excluding hydrogens is 244 g/mol. The molecule has 5 nitrogen and oxygen atoms in total. The van der Waals surface area contributed by atoms with Crippen molar-refractivity contribution < 1.29 is 14.7 Å². The number of carboxylic acid groups (broad SMARTS) is 1. The van der Waals surface area contributed by atoms with Gasteiger partial charge in [0.05, 0.1) is 6.42 Å².